The zero-order valence-electron chi connectivity index (χ0n) is 13.3. The summed E-state index contributed by atoms with van der Waals surface area (Å²) < 4.78 is 10.4. The first-order chi connectivity index (χ1) is 11.2. The van der Waals surface area contributed by atoms with E-state index in [-0.39, 0.29) is 18.1 Å². The van der Waals surface area contributed by atoms with Crippen molar-refractivity contribution in [3.8, 4) is 5.75 Å². The van der Waals surface area contributed by atoms with Gasteiger partial charge in [0.15, 0.2) is 0 Å². The van der Waals surface area contributed by atoms with Crippen LogP contribution in [0.5, 0.6) is 5.75 Å². The largest absolute Gasteiger partial charge is 0.497 e. The molecular weight excluding hydrogens is 296 g/mol. The topological polar surface area (TPSA) is 67.9 Å². The van der Waals surface area contributed by atoms with E-state index in [2.05, 4.69) is 5.32 Å². The fraction of sp³-hybridized carbons (Fsp3) is 0.529. The lowest BCUT2D eigenvalue weighted by molar-refractivity contribution is -0.121. The summed E-state index contributed by atoms with van der Waals surface area (Å²) in [5.41, 5.74) is 1.09. The number of benzene rings is 1. The fourth-order valence-electron chi connectivity index (χ4n) is 2.70. The Hall–Kier alpha value is -2.24. The zero-order chi connectivity index (χ0) is 16.2. The van der Waals surface area contributed by atoms with Crippen molar-refractivity contribution in [3.63, 3.8) is 0 Å². The Morgan fingerprint density at radius 1 is 1.35 bits per heavy atom. The molecule has 1 saturated carbocycles. The minimum Gasteiger partial charge on any atom is -0.497 e. The number of hydrogen-bond acceptors (Lipinski definition) is 4. The van der Waals surface area contributed by atoms with Crippen molar-refractivity contribution < 1.29 is 19.1 Å². The maximum absolute atomic E-state index is 11.9. The number of cyclic esters (lactones) is 1. The van der Waals surface area contributed by atoms with Crippen LogP contribution in [0, 0.1) is 0 Å². The average molecular weight is 318 g/mol. The summed E-state index contributed by atoms with van der Waals surface area (Å²) in [4.78, 5) is 25.3. The number of nitrogens with one attached hydrogen (secondary N) is 1. The highest BCUT2D eigenvalue weighted by atomic mass is 16.6. The summed E-state index contributed by atoms with van der Waals surface area (Å²) in [6.07, 6.45) is 2.75. The molecule has 0 aromatic heterocycles. The number of hydrogen-bond donors (Lipinski definition) is 1. The summed E-state index contributed by atoms with van der Waals surface area (Å²) in [7, 11) is 1.63. The number of methoxy groups -OCH3 is 1. The van der Waals surface area contributed by atoms with Gasteiger partial charge in [0, 0.05) is 12.5 Å². The molecule has 1 saturated heterocycles. The van der Waals surface area contributed by atoms with E-state index >= 15 is 0 Å². The second-order valence-electron chi connectivity index (χ2n) is 6.04. The molecule has 6 heteroatoms. The molecule has 1 aromatic carbocycles. The molecule has 2 fully saturated rings. The Labute approximate surface area is 135 Å². The van der Waals surface area contributed by atoms with Gasteiger partial charge >= 0.3 is 6.09 Å². The maximum Gasteiger partial charge on any atom is 0.410 e. The lowest BCUT2D eigenvalue weighted by Crippen LogP contribution is -2.35. The van der Waals surface area contributed by atoms with Gasteiger partial charge in [0.1, 0.15) is 11.9 Å². The Bertz CT molecular complexity index is 568. The van der Waals surface area contributed by atoms with E-state index in [1.807, 2.05) is 24.3 Å². The molecule has 1 aromatic rings. The highest BCUT2D eigenvalue weighted by Gasteiger charge is 2.40. The molecule has 1 atom stereocenters. The number of aryl methyl sites for hydroxylation is 1. The normalized spacial score (nSPS) is 20.3. The first-order valence-electron chi connectivity index (χ1n) is 8.02. The van der Waals surface area contributed by atoms with Crippen LogP contribution >= 0.6 is 0 Å². The Kier molecular flexibility index (Phi) is 4.69. The van der Waals surface area contributed by atoms with Crippen LogP contribution in [0.25, 0.3) is 0 Å². The minimum atomic E-state index is -0.245. The van der Waals surface area contributed by atoms with Gasteiger partial charge in [-0.25, -0.2) is 4.79 Å². The molecule has 23 heavy (non-hydrogen) atoms. The Balaban J connectivity index is 1.37. The summed E-state index contributed by atoms with van der Waals surface area (Å²) in [5.74, 6) is 0.781. The number of carbonyl (C=O) groups is 2. The van der Waals surface area contributed by atoms with Crippen molar-refractivity contribution in [2.24, 2.45) is 0 Å². The first kappa shape index (κ1) is 15.6. The number of ether oxygens (including phenoxy) is 2. The molecule has 1 aliphatic carbocycles. The quantitative estimate of drug-likeness (QED) is 0.831. The second kappa shape index (κ2) is 6.89. The van der Waals surface area contributed by atoms with Crippen LogP contribution in [0.3, 0.4) is 0 Å². The molecule has 124 valence electrons. The first-order valence-corrected chi connectivity index (χ1v) is 8.02. The highest BCUT2D eigenvalue weighted by molar-refractivity contribution is 5.76. The van der Waals surface area contributed by atoms with Crippen molar-refractivity contribution in [1.82, 2.24) is 10.2 Å². The molecule has 1 aliphatic heterocycles. The Morgan fingerprint density at radius 3 is 2.74 bits per heavy atom. The standard InChI is InChI=1S/C17H22N2O4/c1-22-14-7-2-12(3-8-14)4-9-16(20)18-10-15-11-19(13-5-6-13)17(21)23-15/h2-3,7-8,13,15H,4-6,9-11H2,1H3,(H,18,20). The van der Waals surface area contributed by atoms with Gasteiger partial charge in [0.25, 0.3) is 0 Å². The number of rotatable bonds is 7. The van der Waals surface area contributed by atoms with E-state index < -0.39 is 0 Å². The van der Waals surface area contributed by atoms with Gasteiger partial charge < -0.3 is 19.7 Å². The third-order valence-electron chi connectivity index (χ3n) is 4.22. The van der Waals surface area contributed by atoms with Crippen LogP contribution in [-0.2, 0) is 16.0 Å². The van der Waals surface area contributed by atoms with Crippen molar-refractivity contribution in [2.75, 3.05) is 20.2 Å². The van der Waals surface area contributed by atoms with E-state index in [0.29, 0.717) is 32.0 Å². The average Bonchev–Trinajstić information content (AvgIpc) is 3.34. The second-order valence-corrected chi connectivity index (χ2v) is 6.04. The molecule has 6 nitrogen and oxygen atoms in total. The van der Waals surface area contributed by atoms with Crippen LogP contribution < -0.4 is 10.1 Å². The molecule has 0 spiro atoms. The highest BCUT2D eigenvalue weighted by Crippen LogP contribution is 2.30. The predicted molar refractivity (Wildman–Crippen MR) is 84.3 cm³/mol. The predicted octanol–water partition coefficient (Wildman–Crippen LogP) is 1.73. The van der Waals surface area contributed by atoms with E-state index in [1.54, 1.807) is 12.0 Å². The van der Waals surface area contributed by atoms with Gasteiger partial charge in [-0.05, 0) is 37.0 Å². The molecular formula is C17H22N2O4. The summed E-state index contributed by atoms with van der Waals surface area (Å²) in [6, 6.07) is 8.05. The lowest BCUT2D eigenvalue weighted by atomic mass is 10.1. The summed E-state index contributed by atoms with van der Waals surface area (Å²) in [6.45, 7) is 0.971. The Morgan fingerprint density at radius 2 is 2.09 bits per heavy atom. The van der Waals surface area contributed by atoms with Crippen molar-refractivity contribution >= 4 is 12.0 Å². The monoisotopic (exact) mass is 318 g/mol. The van der Waals surface area contributed by atoms with Crippen LogP contribution in [0.15, 0.2) is 24.3 Å². The summed E-state index contributed by atoms with van der Waals surface area (Å²) >= 11 is 0. The lowest BCUT2D eigenvalue weighted by Gasteiger charge is -2.11. The maximum atomic E-state index is 11.9. The molecule has 0 radical (unpaired) electrons. The van der Waals surface area contributed by atoms with Gasteiger partial charge in [0.05, 0.1) is 20.2 Å². The SMILES string of the molecule is COc1ccc(CCC(=O)NCC2CN(C3CC3)C(=O)O2)cc1. The van der Waals surface area contributed by atoms with E-state index in [0.717, 1.165) is 24.2 Å². The van der Waals surface area contributed by atoms with Crippen LogP contribution in [0.4, 0.5) is 4.79 Å². The third kappa shape index (κ3) is 4.15. The summed E-state index contributed by atoms with van der Waals surface area (Å²) in [5, 5.41) is 2.85. The number of carbonyl (C=O) groups excluding carboxylic acids is 2. The van der Waals surface area contributed by atoms with E-state index in [9.17, 15) is 9.59 Å². The molecule has 3 rings (SSSR count). The van der Waals surface area contributed by atoms with Crippen LogP contribution in [0.2, 0.25) is 0 Å². The van der Waals surface area contributed by atoms with E-state index in [4.69, 9.17) is 9.47 Å². The molecule has 2 amide bonds. The molecule has 2 aliphatic rings. The number of nitrogens with zero attached hydrogens (tertiary/aromatic N) is 1. The van der Waals surface area contributed by atoms with Gasteiger partial charge in [-0.15, -0.1) is 0 Å². The fourth-order valence-corrected chi connectivity index (χ4v) is 2.70. The minimum absolute atomic E-state index is 0.0262. The van der Waals surface area contributed by atoms with Crippen molar-refractivity contribution in [2.45, 2.75) is 37.8 Å². The molecule has 1 heterocycles. The van der Waals surface area contributed by atoms with Gasteiger partial charge in [-0.3, -0.25) is 4.79 Å². The van der Waals surface area contributed by atoms with E-state index in [1.165, 1.54) is 0 Å². The number of amides is 2. The molecule has 1 N–H and O–H groups in total. The van der Waals surface area contributed by atoms with Gasteiger partial charge in [-0.1, -0.05) is 12.1 Å². The van der Waals surface area contributed by atoms with Crippen LogP contribution in [-0.4, -0.2) is 49.2 Å². The van der Waals surface area contributed by atoms with Crippen molar-refractivity contribution in [3.05, 3.63) is 29.8 Å². The third-order valence-corrected chi connectivity index (χ3v) is 4.22. The van der Waals surface area contributed by atoms with Gasteiger partial charge in [0.2, 0.25) is 5.91 Å². The van der Waals surface area contributed by atoms with Crippen LogP contribution in [0.1, 0.15) is 24.8 Å². The van der Waals surface area contributed by atoms with Crippen molar-refractivity contribution in [1.29, 1.82) is 0 Å². The molecule has 1 unspecified atom stereocenters. The zero-order valence-corrected chi connectivity index (χ0v) is 13.3. The molecule has 0 bridgehead atoms. The van der Waals surface area contributed by atoms with Gasteiger partial charge in [-0.2, -0.15) is 0 Å². The smallest absolute Gasteiger partial charge is 0.410 e.